The van der Waals surface area contributed by atoms with Crippen molar-refractivity contribution in [2.45, 2.75) is 4.90 Å². The monoisotopic (exact) mass is 448 g/mol. The molecule has 0 aliphatic rings. The van der Waals surface area contributed by atoms with E-state index in [2.05, 4.69) is 27.9 Å². The van der Waals surface area contributed by atoms with Crippen molar-refractivity contribution in [2.24, 2.45) is 0 Å². The van der Waals surface area contributed by atoms with E-state index in [1.54, 1.807) is 12.1 Å². The smallest absolute Gasteiger partial charge is 0.243 e. The number of sulfonamides is 1. The molecule has 0 aromatic heterocycles. The van der Waals surface area contributed by atoms with Crippen LogP contribution in [0.25, 0.3) is 0 Å². The van der Waals surface area contributed by atoms with E-state index in [4.69, 9.17) is 0 Å². The summed E-state index contributed by atoms with van der Waals surface area (Å²) in [6, 6.07) is 11.6. The van der Waals surface area contributed by atoms with Gasteiger partial charge in [-0.15, -0.1) is 0 Å². The normalized spacial score (nSPS) is 11.5. The summed E-state index contributed by atoms with van der Waals surface area (Å²) >= 11 is 2.14. The van der Waals surface area contributed by atoms with Crippen molar-refractivity contribution in [3.63, 3.8) is 0 Å². The Balaban J connectivity index is 2.05. The maximum absolute atomic E-state index is 12.9. The first-order valence-corrected chi connectivity index (χ1v) is 9.08. The number of nitrogens with one attached hydrogen (secondary N) is 1. The summed E-state index contributed by atoms with van der Waals surface area (Å²) in [5.74, 6) is -0.984. The van der Waals surface area contributed by atoms with Gasteiger partial charge in [-0.3, -0.25) is 4.79 Å². The lowest BCUT2D eigenvalue weighted by atomic mass is 10.3. The zero-order valence-corrected chi connectivity index (χ0v) is 15.1. The maximum atomic E-state index is 12.9. The molecule has 0 atom stereocenters. The van der Waals surface area contributed by atoms with Gasteiger partial charge in [-0.25, -0.2) is 12.8 Å². The van der Waals surface area contributed by atoms with Gasteiger partial charge >= 0.3 is 0 Å². The molecule has 23 heavy (non-hydrogen) atoms. The van der Waals surface area contributed by atoms with E-state index in [9.17, 15) is 17.6 Å². The molecule has 0 radical (unpaired) electrons. The van der Waals surface area contributed by atoms with E-state index in [1.807, 2.05) is 12.1 Å². The third-order valence-electron chi connectivity index (χ3n) is 3.02. The summed E-state index contributed by atoms with van der Waals surface area (Å²) in [5.41, 5.74) is 0.586. The minimum Gasteiger partial charge on any atom is -0.325 e. The number of hydrogen-bond acceptors (Lipinski definition) is 3. The Morgan fingerprint density at radius 2 is 1.70 bits per heavy atom. The van der Waals surface area contributed by atoms with Gasteiger partial charge in [-0.05, 0) is 71.1 Å². The second-order valence-corrected chi connectivity index (χ2v) is 8.06. The number of benzene rings is 2. The van der Waals surface area contributed by atoms with E-state index in [-0.39, 0.29) is 11.4 Å². The molecule has 2 aromatic rings. The van der Waals surface area contributed by atoms with Gasteiger partial charge < -0.3 is 5.32 Å². The Morgan fingerprint density at radius 1 is 1.13 bits per heavy atom. The standard InChI is InChI=1S/C15H14FIN2O3S/c1-19(23(21,22)14-8-2-11(16)3-9-14)10-15(20)18-13-6-4-12(17)5-7-13/h2-9H,10H2,1H3,(H,18,20). The highest BCUT2D eigenvalue weighted by molar-refractivity contribution is 14.1. The zero-order valence-electron chi connectivity index (χ0n) is 12.2. The number of likely N-dealkylation sites (N-methyl/N-ethyl adjacent to an activating group) is 1. The minimum absolute atomic E-state index is 0.0662. The molecule has 0 fully saturated rings. The molecule has 122 valence electrons. The number of amides is 1. The van der Waals surface area contributed by atoms with E-state index in [1.165, 1.54) is 7.05 Å². The summed E-state index contributed by atoms with van der Waals surface area (Å²) in [4.78, 5) is 11.9. The van der Waals surface area contributed by atoms with Crippen LogP contribution in [0.15, 0.2) is 53.4 Å². The summed E-state index contributed by atoms with van der Waals surface area (Å²) in [6.45, 7) is -0.342. The van der Waals surface area contributed by atoms with Crippen molar-refractivity contribution in [3.05, 3.63) is 57.9 Å². The van der Waals surface area contributed by atoms with Crippen LogP contribution in [0.1, 0.15) is 0 Å². The molecule has 0 saturated carbocycles. The van der Waals surface area contributed by atoms with Gasteiger partial charge in [-0.1, -0.05) is 0 Å². The van der Waals surface area contributed by atoms with Crippen LogP contribution in [0.2, 0.25) is 0 Å². The van der Waals surface area contributed by atoms with Crippen molar-refractivity contribution in [1.82, 2.24) is 4.31 Å². The second-order valence-electron chi connectivity index (χ2n) is 4.77. The fourth-order valence-corrected chi connectivity index (χ4v) is 3.29. The van der Waals surface area contributed by atoms with Crippen molar-refractivity contribution in [2.75, 3.05) is 18.9 Å². The maximum Gasteiger partial charge on any atom is 0.243 e. The zero-order chi connectivity index (χ0) is 17.0. The van der Waals surface area contributed by atoms with Crippen LogP contribution < -0.4 is 5.32 Å². The van der Waals surface area contributed by atoms with Crippen LogP contribution in [0.4, 0.5) is 10.1 Å². The number of carbonyl (C=O) groups excluding carboxylic acids is 1. The highest BCUT2D eigenvalue weighted by Crippen LogP contribution is 2.15. The number of hydrogen-bond donors (Lipinski definition) is 1. The predicted octanol–water partition coefficient (Wildman–Crippen LogP) is 2.69. The molecule has 0 spiro atoms. The number of halogens is 2. The molecule has 2 rings (SSSR count). The predicted molar refractivity (Wildman–Crippen MR) is 94.0 cm³/mol. The van der Waals surface area contributed by atoms with Crippen LogP contribution in [0.5, 0.6) is 0 Å². The van der Waals surface area contributed by atoms with Crippen LogP contribution >= 0.6 is 22.6 Å². The first kappa shape index (κ1) is 17.8. The Hall–Kier alpha value is -1.52. The molecule has 8 heteroatoms. The third kappa shape index (κ3) is 4.72. The van der Waals surface area contributed by atoms with Gasteiger partial charge in [0.15, 0.2) is 0 Å². The number of nitrogens with zero attached hydrogens (tertiary/aromatic N) is 1. The largest absolute Gasteiger partial charge is 0.325 e. The second kappa shape index (κ2) is 7.37. The van der Waals surface area contributed by atoms with Gasteiger partial charge in [0, 0.05) is 16.3 Å². The molecule has 2 aromatic carbocycles. The lowest BCUT2D eigenvalue weighted by Crippen LogP contribution is -2.34. The van der Waals surface area contributed by atoms with Crippen molar-refractivity contribution in [1.29, 1.82) is 0 Å². The van der Waals surface area contributed by atoms with Gasteiger partial charge in [0.25, 0.3) is 0 Å². The Kier molecular flexibility index (Phi) is 5.71. The number of anilines is 1. The minimum atomic E-state index is -3.85. The molecule has 0 saturated heterocycles. The molecule has 0 unspecified atom stereocenters. The average Bonchev–Trinajstić information content (AvgIpc) is 2.50. The lowest BCUT2D eigenvalue weighted by Gasteiger charge is -2.17. The fourth-order valence-electron chi connectivity index (χ4n) is 1.81. The van der Waals surface area contributed by atoms with Crippen LogP contribution in [-0.2, 0) is 14.8 Å². The van der Waals surface area contributed by atoms with E-state index in [0.29, 0.717) is 5.69 Å². The third-order valence-corrected chi connectivity index (χ3v) is 5.55. The lowest BCUT2D eigenvalue weighted by molar-refractivity contribution is -0.116. The first-order chi connectivity index (χ1) is 10.8. The van der Waals surface area contributed by atoms with Crippen LogP contribution in [0, 0.1) is 9.39 Å². The first-order valence-electron chi connectivity index (χ1n) is 6.56. The van der Waals surface area contributed by atoms with Gasteiger partial charge in [0.05, 0.1) is 11.4 Å². The van der Waals surface area contributed by atoms with Gasteiger partial charge in [-0.2, -0.15) is 4.31 Å². The molecular formula is C15H14FIN2O3S. The summed E-state index contributed by atoms with van der Waals surface area (Å²) in [6.07, 6.45) is 0. The van der Waals surface area contributed by atoms with E-state index >= 15 is 0 Å². The number of carbonyl (C=O) groups is 1. The van der Waals surface area contributed by atoms with Crippen molar-refractivity contribution < 1.29 is 17.6 Å². The highest BCUT2D eigenvalue weighted by atomic mass is 127. The fraction of sp³-hybridized carbons (Fsp3) is 0.133. The van der Waals surface area contributed by atoms with Crippen LogP contribution in [0.3, 0.4) is 0 Å². The topological polar surface area (TPSA) is 66.5 Å². The summed E-state index contributed by atoms with van der Waals surface area (Å²) < 4.78 is 39.4. The van der Waals surface area contributed by atoms with Crippen molar-refractivity contribution >= 4 is 44.2 Å². The molecule has 0 aliphatic heterocycles. The number of rotatable bonds is 5. The quantitative estimate of drug-likeness (QED) is 0.716. The Bertz CT molecular complexity index is 792. The van der Waals surface area contributed by atoms with E-state index in [0.717, 1.165) is 32.1 Å². The average molecular weight is 448 g/mol. The molecular weight excluding hydrogens is 434 g/mol. The molecule has 0 aliphatic carbocycles. The highest BCUT2D eigenvalue weighted by Gasteiger charge is 2.22. The van der Waals surface area contributed by atoms with Gasteiger partial charge in [0.1, 0.15) is 5.82 Å². The molecule has 0 bridgehead atoms. The molecule has 5 nitrogen and oxygen atoms in total. The van der Waals surface area contributed by atoms with Gasteiger partial charge in [0.2, 0.25) is 15.9 Å². The molecule has 1 amide bonds. The molecule has 1 N–H and O–H groups in total. The van der Waals surface area contributed by atoms with E-state index < -0.39 is 21.7 Å². The Morgan fingerprint density at radius 3 is 2.26 bits per heavy atom. The summed E-state index contributed by atoms with van der Waals surface area (Å²) in [5, 5.41) is 2.62. The molecule has 0 heterocycles. The van der Waals surface area contributed by atoms with Crippen molar-refractivity contribution in [3.8, 4) is 0 Å². The SMILES string of the molecule is CN(CC(=O)Nc1ccc(I)cc1)S(=O)(=O)c1ccc(F)cc1. The summed E-state index contributed by atoms with van der Waals surface area (Å²) in [7, 11) is -2.55. The Labute approximate surface area is 147 Å². The van der Waals surface area contributed by atoms with Crippen LogP contribution in [-0.4, -0.2) is 32.2 Å².